The molecule has 1 aromatic heterocycles. The highest BCUT2D eigenvalue weighted by molar-refractivity contribution is 5.77. The Balaban J connectivity index is 1.62. The number of amides is 1. The zero-order valence-electron chi connectivity index (χ0n) is 15.1. The molecule has 1 aromatic rings. The van der Waals surface area contributed by atoms with E-state index in [-0.39, 0.29) is 42.2 Å². The lowest BCUT2D eigenvalue weighted by Crippen LogP contribution is -2.45. The molecule has 0 bridgehead atoms. The van der Waals surface area contributed by atoms with Crippen molar-refractivity contribution in [2.75, 3.05) is 32.2 Å². The highest BCUT2D eigenvalue weighted by atomic mass is 16.6. The Morgan fingerprint density at radius 1 is 1.28 bits per heavy atom. The van der Waals surface area contributed by atoms with Crippen LogP contribution < -0.4 is 10.6 Å². The molecule has 0 aromatic carbocycles. The highest BCUT2D eigenvalue weighted by Crippen LogP contribution is 2.29. The Morgan fingerprint density at radius 2 is 1.96 bits per heavy atom. The maximum atomic E-state index is 11.7. The van der Waals surface area contributed by atoms with Crippen molar-refractivity contribution in [1.82, 2.24) is 15.3 Å². The van der Waals surface area contributed by atoms with Crippen molar-refractivity contribution < 1.29 is 19.0 Å². The molecular weight excluding hydrogens is 324 g/mol. The van der Waals surface area contributed by atoms with Crippen molar-refractivity contribution in [3.63, 3.8) is 0 Å². The van der Waals surface area contributed by atoms with Crippen LogP contribution in [0, 0.1) is 0 Å². The van der Waals surface area contributed by atoms with E-state index in [0.29, 0.717) is 19.2 Å². The van der Waals surface area contributed by atoms with Gasteiger partial charge in [-0.25, -0.2) is 9.97 Å². The molecule has 8 nitrogen and oxygen atoms in total. The van der Waals surface area contributed by atoms with Crippen LogP contribution in [0.3, 0.4) is 0 Å². The molecule has 2 aliphatic rings. The lowest BCUT2D eigenvalue weighted by molar-refractivity contribution is -0.126. The maximum absolute atomic E-state index is 11.7. The van der Waals surface area contributed by atoms with Crippen molar-refractivity contribution in [3.8, 4) is 0 Å². The normalized spacial score (nSPS) is 28.6. The Morgan fingerprint density at radius 3 is 2.64 bits per heavy atom. The van der Waals surface area contributed by atoms with Gasteiger partial charge >= 0.3 is 0 Å². The highest BCUT2D eigenvalue weighted by Gasteiger charge is 2.48. The number of hydrogen-bond donors (Lipinski definition) is 2. The van der Waals surface area contributed by atoms with Crippen molar-refractivity contribution in [2.24, 2.45) is 0 Å². The van der Waals surface area contributed by atoms with Crippen molar-refractivity contribution in [3.05, 3.63) is 18.0 Å². The van der Waals surface area contributed by atoms with Crippen LogP contribution in [-0.4, -0.2) is 67.1 Å². The van der Waals surface area contributed by atoms with E-state index in [1.165, 1.54) is 7.11 Å². The third-order valence-electron chi connectivity index (χ3n) is 4.41. The van der Waals surface area contributed by atoms with E-state index in [0.717, 1.165) is 5.69 Å². The van der Waals surface area contributed by atoms with Crippen molar-refractivity contribution in [2.45, 2.75) is 50.5 Å². The zero-order valence-corrected chi connectivity index (χ0v) is 15.1. The van der Waals surface area contributed by atoms with Gasteiger partial charge in [-0.15, -0.1) is 0 Å². The summed E-state index contributed by atoms with van der Waals surface area (Å²) in [5.41, 5.74) is 0.923. The summed E-state index contributed by atoms with van der Waals surface area (Å²) in [5, 5.41) is 6.21. The fraction of sp³-hybridized carbons (Fsp3) is 0.706. The molecule has 4 atom stereocenters. The van der Waals surface area contributed by atoms with Crippen LogP contribution in [0.5, 0.6) is 0 Å². The summed E-state index contributed by atoms with van der Waals surface area (Å²) in [4.78, 5) is 20.6. The van der Waals surface area contributed by atoms with Gasteiger partial charge in [-0.05, 0) is 6.07 Å². The second-order valence-electron chi connectivity index (χ2n) is 7.47. The lowest BCUT2D eigenvalue weighted by Gasteiger charge is -2.21. The molecule has 0 aliphatic carbocycles. The number of carbonyl (C=O) groups is 1. The van der Waals surface area contributed by atoms with Crippen LogP contribution in [-0.2, 0) is 24.4 Å². The molecule has 8 heteroatoms. The third kappa shape index (κ3) is 4.08. The molecule has 25 heavy (non-hydrogen) atoms. The summed E-state index contributed by atoms with van der Waals surface area (Å²) in [6, 6.07) is 1.71. The number of hydrogen-bond acceptors (Lipinski definition) is 7. The minimum atomic E-state index is -0.177. The predicted octanol–water partition coefficient (Wildman–Crippen LogP) is 0.483. The fourth-order valence-corrected chi connectivity index (χ4v) is 3.14. The number of aromatic nitrogens is 2. The molecule has 0 spiro atoms. The van der Waals surface area contributed by atoms with Gasteiger partial charge < -0.3 is 24.8 Å². The van der Waals surface area contributed by atoms with Gasteiger partial charge in [-0.2, -0.15) is 0 Å². The van der Waals surface area contributed by atoms with Gasteiger partial charge in [0.2, 0.25) is 11.9 Å². The summed E-state index contributed by atoms with van der Waals surface area (Å²) in [7, 11) is 1.49. The summed E-state index contributed by atoms with van der Waals surface area (Å²) in [6.45, 7) is 7.27. The Hall–Kier alpha value is -1.77. The second-order valence-corrected chi connectivity index (χ2v) is 7.47. The van der Waals surface area contributed by atoms with Crippen LogP contribution in [0.2, 0.25) is 0 Å². The molecule has 1 amide bonds. The fourth-order valence-electron chi connectivity index (χ4n) is 3.14. The van der Waals surface area contributed by atoms with Crippen molar-refractivity contribution >= 4 is 11.9 Å². The maximum Gasteiger partial charge on any atom is 0.246 e. The van der Waals surface area contributed by atoms with Gasteiger partial charge in [0, 0.05) is 18.7 Å². The minimum Gasteiger partial charge on any atom is -0.375 e. The molecule has 3 rings (SSSR count). The number of nitrogens with one attached hydrogen (secondary N) is 2. The van der Waals surface area contributed by atoms with Crippen LogP contribution in [0.1, 0.15) is 26.5 Å². The first-order valence-corrected chi connectivity index (χ1v) is 8.50. The Bertz CT molecular complexity index is 619. The number of fused-ring (bicyclic) bond motifs is 1. The van der Waals surface area contributed by atoms with Gasteiger partial charge in [0.15, 0.2) is 0 Å². The smallest absolute Gasteiger partial charge is 0.246 e. The molecule has 2 fully saturated rings. The van der Waals surface area contributed by atoms with Gasteiger partial charge in [-0.3, -0.25) is 4.79 Å². The minimum absolute atomic E-state index is 0.0308. The number of rotatable bonds is 5. The Labute approximate surface area is 147 Å². The van der Waals surface area contributed by atoms with Crippen molar-refractivity contribution in [1.29, 1.82) is 0 Å². The number of carbonyl (C=O) groups excluding carboxylic acids is 1. The van der Waals surface area contributed by atoms with E-state index < -0.39 is 0 Å². The summed E-state index contributed by atoms with van der Waals surface area (Å²) >= 11 is 0. The number of nitrogens with zero attached hydrogens (tertiary/aromatic N) is 2. The number of anilines is 1. The Kier molecular flexibility index (Phi) is 5.21. The topological polar surface area (TPSA) is 94.6 Å². The summed E-state index contributed by atoms with van der Waals surface area (Å²) < 4.78 is 16.5. The molecular formula is C17H26N4O4. The monoisotopic (exact) mass is 350 g/mol. The van der Waals surface area contributed by atoms with Gasteiger partial charge in [0.05, 0.1) is 31.0 Å². The average molecular weight is 350 g/mol. The zero-order chi connectivity index (χ0) is 18.0. The van der Waals surface area contributed by atoms with Crippen LogP contribution in [0.25, 0.3) is 0 Å². The molecule has 138 valence electrons. The average Bonchev–Trinajstić information content (AvgIpc) is 3.11. The van der Waals surface area contributed by atoms with E-state index in [1.807, 2.05) is 6.07 Å². The lowest BCUT2D eigenvalue weighted by atomic mass is 9.92. The quantitative estimate of drug-likeness (QED) is 0.798. The van der Waals surface area contributed by atoms with E-state index in [1.54, 1.807) is 6.20 Å². The molecule has 0 saturated carbocycles. The first kappa shape index (κ1) is 18.0. The number of methoxy groups -OCH3 is 1. The first-order valence-electron chi connectivity index (χ1n) is 8.50. The molecule has 3 heterocycles. The van der Waals surface area contributed by atoms with E-state index in [4.69, 9.17) is 14.2 Å². The van der Waals surface area contributed by atoms with Gasteiger partial charge in [0.25, 0.3) is 0 Å². The molecule has 2 saturated heterocycles. The van der Waals surface area contributed by atoms with Gasteiger partial charge in [0.1, 0.15) is 18.8 Å². The number of ether oxygens (including phenoxy) is 3. The summed E-state index contributed by atoms with van der Waals surface area (Å²) in [5.74, 6) is 0.398. The molecule has 2 aliphatic heterocycles. The molecule has 0 unspecified atom stereocenters. The standard InChI is InChI=1S/C17H26N4O4/c1-17(2,3)12-5-6-18-16(21-12)20-11-8-25-14-10(7-24-15(11)14)19-13(22)9-23-4/h5-6,10-11,14-15H,7-9H2,1-4H3,(H,19,22)(H,18,20,21)/t10-,11-,14+,15+/m0/s1. The predicted molar refractivity (Wildman–Crippen MR) is 91.4 cm³/mol. The largest absolute Gasteiger partial charge is 0.375 e. The summed E-state index contributed by atoms with van der Waals surface area (Å²) in [6.07, 6.45) is 1.44. The van der Waals surface area contributed by atoms with E-state index >= 15 is 0 Å². The SMILES string of the molecule is COCC(=O)N[C@H]1CO[C@H]2[C@@H]1OC[C@@H]2Nc1nccc(C(C)(C)C)n1. The van der Waals surface area contributed by atoms with Crippen LogP contribution in [0.15, 0.2) is 12.3 Å². The van der Waals surface area contributed by atoms with Crippen LogP contribution in [0.4, 0.5) is 5.95 Å². The van der Waals surface area contributed by atoms with Crippen LogP contribution >= 0.6 is 0 Å². The van der Waals surface area contributed by atoms with E-state index in [2.05, 4.69) is 41.4 Å². The van der Waals surface area contributed by atoms with E-state index in [9.17, 15) is 4.79 Å². The molecule has 2 N–H and O–H groups in total. The second kappa shape index (κ2) is 7.23. The first-order chi connectivity index (χ1) is 11.9. The molecule has 0 radical (unpaired) electrons. The third-order valence-corrected chi connectivity index (χ3v) is 4.41. The van der Waals surface area contributed by atoms with Gasteiger partial charge in [-0.1, -0.05) is 20.8 Å².